The van der Waals surface area contributed by atoms with Crippen molar-refractivity contribution in [3.63, 3.8) is 0 Å². The van der Waals surface area contributed by atoms with E-state index in [4.69, 9.17) is 0 Å². The molecule has 0 unspecified atom stereocenters. The largest absolute Gasteiger partial charge is 0.324 e. The van der Waals surface area contributed by atoms with E-state index in [9.17, 15) is 13.2 Å². The standard InChI is InChI=1S/C19H23N3O3S/c1-2-26(24,25)20-17-9-11-18(12-10-17)22-14-6-13-21(19(22)23)15-16-7-4-3-5-8-16/h3-5,7-12,20H,2,6,13-15H2,1H3. The normalized spacial score (nSPS) is 15.2. The maximum absolute atomic E-state index is 12.8. The minimum Gasteiger partial charge on any atom is -0.320 e. The Labute approximate surface area is 154 Å². The summed E-state index contributed by atoms with van der Waals surface area (Å²) in [5.41, 5.74) is 2.38. The lowest BCUT2D eigenvalue weighted by Gasteiger charge is -2.35. The van der Waals surface area contributed by atoms with Crippen molar-refractivity contribution in [1.29, 1.82) is 0 Å². The van der Waals surface area contributed by atoms with Crippen LogP contribution in [0.4, 0.5) is 16.2 Å². The van der Waals surface area contributed by atoms with Crippen LogP contribution in [-0.2, 0) is 16.6 Å². The maximum atomic E-state index is 12.8. The molecule has 3 rings (SSSR count). The molecule has 0 aromatic heterocycles. The van der Waals surface area contributed by atoms with Crippen LogP contribution < -0.4 is 9.62 Å². The van der Waals surface area contributed by atoms with Crippen molar-refractivity contribution in [3.8, 4) is 0 Å². The van der Waals surface area contributed by atoms with E-state index < -0.39 is 10.0 Å². The highest BCUT2D eigenvalue weighted by Crippen LogP contribution is 2.23. The molecule has 138 valence electrons. The number of nitrogens with one attached hydrogen (secondary N) is 1. The molecule has 2 aromatic carbocycles. The summed E-state index contributed by atoms with van der Waals surface area (Å²) in [4.78, 5) is 16.4. The molecule has 1 aliphatic heterocycles. The minimum atomic E-state index is -3.30. The lowest BCUT2D eigenvalue weighted by Crippen LogP contribution is -2.49. The molecule has 0 spiro atoms. The minimum absolute atomic E-state index is 0.0216. The van der Waals surface area contributed by atoms with Crippen molar-refractivity contribution in [2.45, 2.75) is 19.9 Å². The first-order valence-corrected chi connectivity index (χ1v) is 10.3. The molecule has 1 aliphatic rings. The van der Waals surface area contributed by atoms with E-state index >= 15 is 0 Å². The maximum Gasteiger partial charge on any atom is 0.324 e. The van der Waals surface area contributed by atoms with Crippen molar-refractivity contribution in [3.05, 3.63) is 60.2 Å². The van der Waals surface area contributed by atoms with Crippen LogP contribution in [0.2, 0.25) is 0 Å². The van der Waals surface area contributed by atoms with Gasteiger partial charge < -0.3 is 4.90 Å². The number of anilines is 2. The Kier molecular flexibility index (Phi) is 5.46. The number of benzene rings is 2. The van der Waals surface area contributed by atoms with Gasteiger partial charge in [0.05, 0.1) is 5.75 Å². The summed E-state index contributed by atoms with van der Waals surface area (Å²) in [6.45, 7) is 3.57. The number of urea groups is 1. The van der Waals surface area contributed by atoms with Crippen molar-refractivity contribution >= 4 is 27.4 Å². The summed E-state index contributed by atoms with van der Waals surface area (Å²) in [7, 11) is -3.30. The smallest absolute Gasteiger partial charge is 0.320 e. The van der Waals surface area contributed by atoms with E-state index in [1.807, 2.05) is 35.2 Å². The van der Waals surface area contributed by atoms with Gasteiger partial charge in [0.2, 0.25) is 10.0 Å². The average molecular weight is 373 g/mol. The molecule has 2 amide bonds. The Bertz CT molecular complexity index is 851. The van der Waals surface area contributed by atoms with Crippen LogP contribution in [-0.4, -0.2) is 38.2 Å². The van der Waals surface area contributed by atoms with Gasteiger partial charge in [-0.1, -0.05) is 30.3 Å². The number of rotatable bonds is 6. The van der Waals surface area contributed by atoms with Gasteiger partial charge in [-0.2, -0.15) is 0 Å². The second kappa shape index (κ2) is 7.78. The van der Waals surface area contributed by atoms with Gasteiger partial charge in [0, 0.05) is 31.0 Å². The lowest BCUT2D eigenvalue weighted by molar-refractivity contribution is 0.192. The topological polar surface area (TPSA) is 69.7 Å². The average Bonchev–Trinajstić information content (AvgIpc) is 2.65. The summed E-state index contributed by atoms with van der Waals surface area (Å²) in [5, 5.41) is 0. The van der Waals surface area contributed by atoms with Gasteiger partial charge >= 0.3 is 6.03 Å². The molecular formula is C19H23N3O3S. The number of sulfonamides is 1. The molecule has 0 bridgehead atoms. The molecule has 1 saturated heterocycles. The highest BCUT2D eigenvalue weighted by atomic mass is 32.2. The third-order valence-corrected chi connectivity index (χ3v) is 5.67. The first-order valence-electron chi connectivity index (χ1n) is 8.69. The molecular weight excluding hydrogens is 350 g/mol. The van der Waals surface area contributed by atoms with Gasteiger partial charge in [0.15, 0.2) is 0 Å². The van der Waals surface area contributed by atoms with E-state index in [1.54, 1.807) is 36.1 Å². The van der Waals surface area contributed by atoms with Gasteiger partial charge in [-0.05, 0) is 43.2 Å². The van der Waals surface area contributed by atoms with Crippen molar-refractivity contribution in [2.24, 2.45) is 0 Å². The SMILES string of the molecule is CCS(=O)(=O)Nc1ccc(N2CCCN(Cc3ccccc3)C2=O)cc1. The molecule has 26 heavy (non-hydrogen) atoms. The van der Waals surface area contributed by atoms with Gasteiger partial charge in [0.25, 0.3) is 0 Å². The Balaban J connectivity index is 1.71. The zero-order chi connectivity index (χ0) is 18.6. The second-order valence-electron chi connectivity index (χ2n) is 6.25. The van der Waals surface area contributed by atoms with Gasteiger partial charge in [-0.3, -0.25) is 9.62 Å². The Morgan fingerprint density at radius 3 is 2.35 bits per heavy atom. The van der Waals surface area contributed by atoms with E-state index in [-0.39, 0.29) is 11.8 Å². The van der Waals surface area contributed by atoms with Crippen LogP contribution >= 0.6 is 0 Å². The van der Waals surface area contributed by atoms with Crippen molar-refractivity contribution < 1.29 is 13.2 Å². The first kappa shape index (κ1) is 18.3. The van der Waals surface area contributed by atoms with Gasteiger partial charge in [-0.25, -0.2) is 13.2 Å². The van der Waals surface area contributed by atoms with Crippen LogP contribution in [0.25, 0.3) is 0 Å². The third kappa shape index (κ3) is 4.35. The van der Waals surface area contributed by atoms with Crippen molar-refractivity contribution in [2.75, 3.05) is 28.5 Å². The molecule has 0 atom stereocenters. The van der Waals surface area contributed by atoms with Crippen LogP contribution in [0.3, 0.4) is 0 Å². The van der Waals surface area contributed by atoms with Crippen LogP contribution in [0.1, 0.15) is 18.9 Å². The molecule has 2 aromatic rings. The molecule has 1 N–H and O–H groups in total. The number of carbonyl (C=O) groups is 1. The van der Waals surface area contributed by atoms with E-state index in [0.29, 0.717) is 18.8 Å². The highest BCUT2D eigenvalue weighted by molar-refractivity contribution is 7.92. The third-order valence-electron chi connectivity index (χ3n) is 4.36. The molecule has 1 heterocycles. The fourth-order valence-electron chi connectivity index (χ4n) is 2.93. The quantitative estimate of drug-likeness (QED) is 0.845. The number of amides is 2. The summed E-state index contributed by atoms with van der Waals surface area (Å²) >= 11 is 0. The zero-order valence-corrected chi connectivity index (χ0v) is 15.6. The number of carbonyl (C=O) groups excluding carboxylic acids is 1. The highest BCUT2D eigenvalue weighted by Gasteiger charge is 2.26. The first-order chi connectivity index (χ1) is 12.5. The Morgan fingerprint density at radius 1 is 1.00 bits per heavy atom. The molecule has 6 nitrogen and oxygen atoms in total. The van der Waals surface area contributed by atoms with E-state index in [2.05, 4.69) is 4.72 Å². The number of hydrogen-bond acceptors (Lipinski definition) is 3. The Morgan fingerprint density at radius 2 is 1.69 bits per heavy atom. The monoisotopic (exact) mass is 373 g/mol. The fourth-order valence-corrected chi connectivity index (χ4v) is 3.57. The van der Waals surface area contributed by atoms with Gasteiger partial charge in [-0.15, -0.1) is 0 Å². The molecule has 7 heteroatoms. The molecule has 0 aliphatic carbocycles. The van der Waals surface area contributed by atoms with Crippen molar-refractivity contribution in [1.82, 2.24) is 4.90 Å². The molecule has 1 fully saturated rings. The zero-order valence-electron chi connectivity index (χ0n) is 14.8. The van der Waals surface area contributed by atoms with Crippen LogP contribution in [0.15, 0.2) is 54.6 Å². The predicted molar refractivity (Wildman–Crippen MR) is 104 cm³/mol. The summed E-state index contributed by atoms with van der Waals surface area (Å²) in [6.07, 6.45) is 0.892. The lowest BCUT2D eigenvalue weighted by atomic mass is 10.2. The molecule has 0 saturated carbocycles. The summed E-state index contributed by atoms with van der Waals surface area (Å²) in [5.74, 6) is 0.0216. The summed E-state index contributed by atoms with van der Waals surface area (Å²) in [6, 6.07) is 16.8. The van der Waals surface area contributed by atoms with Crippen LogP contribution in [0.5, 0.6) is 0 Å². The number of hydrogen-bond donors (Lipinski definition) is 1. The van der Waals surface area contributed by atoms with Gasteiger partial charge in [0.1, 0.15) is 0 Å². The Hall–Kier alpha value is -2.54. The van der Waals surface area contributed by atoms with E-state index in [0.717, 1.165) is 24.2 Å². The second-order valence-corrected chi connectivity index (χ2v) is 8.26. The summed E-state index contributed by atoms with van der Waals surface area (Å²) < 4.78 is 25.8. The fraction of sp³-hybridized carbons (Fsp3) is 0.316. The van der Waals surface area contributed by atoms with E-state index in [1.165, 1.54) is 0 Å². The van der Waals surface area contributed by atoms with Crippen LogP contribution in [0, 0.1) is 0 Å². The number of nitrogens with zero attached hydrogens (tertiary/aromatic N) is 2. The molecule has 0 radical (unpaired) electrons. The predicted octanol–water partition coefficient (Wildman–Crippen LogP) is 3.28.